The average molecular weight is 469 g/mol. The molecule has 0 aliphatic carbocycles. The lowest BCUT2D eigenvalue weighted by atomic mass is 10.3. The van der Waals surface area contributed by atoms with Gasteiger partial charge in [-0.15, -0.1) is 10.2 Å². The van der Waals surface area contributed by atoms with Gasteiger partial charge >= 0.3 is 0 Å². The molecule has 1 N–H and O–H groups in total. The summed E-state index contributed by atoms with van der Waals surface area (Å²) < 4.78 is 13.3. The second-order valence-corrected chi connectivity index (χ2v) is 8.08. The lowest BCUT2D eigenvalue weighted by Gasteiger charge is -2.11. The van der Waals surface area contributed by atoms with Crippen molar-refractivity contribution in [3.05, 3.63) is 83.4 Å². The predicted octanol–water partition coefficient (Wildman–Crippen LogP) is 5.20. The second-order valence-electron chi connectivity index (χ2n) is 6.70. The number of nitrogens with one attached hydrogen (secondary N) is 1. The molecule has 32 heavy (non-hydrogen) atoms. The number of carbonyl (C=O) groups is 1. The predicted molar refractivity (Wildman–Crippen MR) is 124 cm³/mol. The van der Waals surface area contributed by atoms with Crippen molar-refractivity contribution in [1.29, 1.82) is 0 Å². The van der Waals surface area contributed by atoms with Gasteiger partial charge in [0.1, 0.15) is 18.1 Å². The zero-order valence-electron chi connectivity index (χ0n) is 17.3. The number of H-pyrrole nitrogens is 1. The second kappa shape index (κ2) is 10.4. The molecule has 0 atom stereocenters. The minimum Gasteiger partial charge on any atom is -0.494 e. The van der Waals surface area contributed by atoms with Crippen molar-refractivity contribution in [2.24, 2.45) is 0 Å². The molecule has 0 radical (unpaired) electrons. The van der Waals surface area contributed by atoms with Gasteiger partial charge in [-0.05, 0) is 67.6 Å². The Labute approximate surface area is 194 Å². The van der Waals surface area contributed by atoms with E-state index in [-0.39, 0.29) is 18.1 Å². The number of aromatic amines is 1. The Morgan fingerprint density at radius 3 is 2.41 bits per heavy atom. The first kappa shape index (κ1) is 22.0. The SMILES string of the molecule is CCOc1ccc(OCc2nnc(SCC(=O)c3ccc[nH]3)n2-c2ccc(Cl)cc2)cc1. The molecule has 2 aromatic heterocycles. The highest BCUT2D eigenvalue weighted by molar-refractivity contribution is 7.99. The summed E-state index contributed by atoms with van der Waals surface area (Å²) in [5.41, 5.74) is 1.40. The molecule has 0 spiro atoms. The molecule has 164 valence electrons. The lowest BCUT2D eigenvalue weighted by Crippen LogP contribution is -2.08. The first-order valence-electron chi connectivity index (χ1n) is 9.99. The number of hydrogen-bond donors (Lipinski definition) is 1. The van der Waals surface area contributed by atoms with Crippen LogP contribution in [0.2, 0.25) is 5.02 Å². The normalized spacial score (nSPS) is 10.8. The van der Waals surface area contributed by atoms with Crippen LogP contribution >= 0.6 is 23.4 Å². The maximum atomic E-state index is 12.4. The molecule has 9 heteroatoms. The van der Waals surface area contributed by atoms with Gasteiger partial charge in [-0.3, -0.25) is 9.36 Å². The van der Waals surface area contributed by atoms with Gasteiger partial charge < -0.3 is 14.5 Å². The smallest absolute Gasteiger partial charge is 0.196 e. The van der Waals surface area contributed by atoms with Gasteiger partial charge in [-0.1, -0.05) is 23.4 Å². The van der Waals surface area contributed by atoms with Gasteiger partial charge in [-0.25, -0.2) is 0 Å². The molecule has 2 heterocycles. The molecule has 2 aromatic carbocycles. The largest absolute Gasteiger partial charge is 0.494 e. The minimum absolute atomic E-state index is 0.0159. The van der Waals surface area contributed by atoms with Crippen LogP contribution in [0.1, 0.15) is 23.2 Å². The van der Waals surface area contributed by atoms with Crippen molar-refractivity contribution in [2.75, 3.05) is 12.4 Å². The number of carbonyl (C=O) groups excluding carboxylic acids is 1. The quantitative estimate of drug-likeness (QED) is 0.254. The van der Waals surface area contributed by atoms with Crippen LogP contribution in [0.25, 0.3) is 5.69 Å². The molecule has 0 bridgehead atoms. The van der Waals surface area contributed by atoms with Crippen LogP contribution < -0.4 is 9.47 Å². The molecule has 4 aromatic rings. The van der Waals surface area contributed by atoms with E-state index >= 15 is 0 Å². The van der Waals surface area contributed by atoms with Crippen LogP contribution in [0.4, 0.5) is 0 Å². The van der Waals surface area contributed by atoms with Crippen molar-refractivity contribution < 1.29 is 14.3 Å². The number of aromatic nitrogens is 4. The van der Waals surface area contributed by atoms with Crippen LogP contribution in [0.5, 0.6) is 11.5 Å². The third-order valence-corrected chi connectivity index (χ3v) is 5.70. The monoisotopic (exact) mass is 468 g/mol. The van der Waals surface area contributed by atoms with Gasteiger partial charge in [0.05, 0.1) is 18.1 Å². The van der Waals surface area contributed by atoms with E-state index in [9.17, 15) is 4.79 Å². The highest BCUT2D eigenvalue weighted by Gasteiger charge is 2.17. The Morgan fingerprint density at radius 2 is 1.75 bits per heavy atom. The van der Waals surface area contributed by atoms with Gasteiger partial charge in [-0.2, -0.15) is 0 Å². The van der Waals surface area contributed by atoms with Gasteiger partial charge in [0.15, 0.2) is 16.8 Å². The fraction of sp³-hybridized carbons (Fsp3) is 0.174. The molecule has 4 rings (SSSR count). The summed E-state index contributed by atoms with van der Waals surface area (Å²) in [6, 6.07) is 18.3. The van der Waals surface area contributed by atoms with E-state index in [1.54, 1.807) is 30.5 Å². The molecule has 0 unspecified atom stereocenters. The molecular weight excluding hydrogens is 448 g/mol. The van der Waals surface area contributed by atoms with E-state index in [2.05, 4.69) is 15.2 Å². The molecule has 0 amide bonds. The molecule has 7 nitrogen and oxygen atoms in total. The third kappa shape index (κ3) is 5.33. The van der Waals surface area contributed by atoms with E-state index in [1.165, 1.54) is 11.8 Å². The summed E-state index contributed by atoms with van der Waals surface area (Å²) in [6.45, 7) is 2.75. The number of ether oxygens (including phenoxy) is 2. The van der Waals surface area contributed by atoms with Gasteiger partial charge in [0, 0.05) is 16.9 Å². The number of halogens is 1. The maximum absolute atomic E-state index is 12.4. The number of Topliss-reactive ketones (excluding diaryl/α,β-unsaturated/α-hetero) is 1. The number of benzene rings is 2. The summed E-state index contributed by atoms with van der Waals surface area (Å²) in [7, 11) is 0. The van der Waals surface area contributed by atoms with Gasteiger partial charge in [0.2, 0.25) is 0 Å². The number of rotatable bonds is 10. The van der Waals surface area contributed by atoms with E-state index in [0.717, 1.165) is 11.4 Å². The first-order chi connectivity index (χ1) is 15.6. The lowest BCUT2D eigenvalue weighted by molar-refractivity contribution is 0.101. The van der Waals surface area contributed by atoms with Crippen LogP contribution in [-0.2, 0) is 6.61 Å². The Bertz CT molecular complexity index is 1160. The maximum Gasteiger partial charge on any atom is 0.196 e. The van der Waals surface area contributed by atoms with Gasteiger partial charge in [0.25, 0.3) is 0 Å². The highest BCUT2D eigenvalue weighted by atomic mass is 35.5. The van der Waals surface area contributed by atoms with Crippen molar-refractivity contribution in [3.8, 4) is 17.2 Å². The van der Waals surface area contributed by atoms with Crippen LogP contribution in [0.3, 0.4) is 0 Å². The summed E-state index contributed by atoms with van der Waals surface area (Å²) in [4.78, 5) is 15.3. The molecule has 0 saturated carbocycles. The first-order valence-corrected chi connectivity index (χ1v) is 11.4. The molecular formula is C23H21ClN4O3S. The van der Waals surface area contributed by atoms with E-state index in [0.29, 0.717) is 34.1 Å². The number of ketones is 1. The minimum atomic E-state index is -0.0159. The summed E-state index contributed by atoms with van der Waals surface area (Å²) in [5.74, 6) is 2.30. The molecule has 0 aliphatic heterocycles. The van der Waals surface area contributed by atoms with E-state index in [4.69, 9.17) is 21.1 Å². The number of thioether (sulfide) groups is 1. The fourth-order valence-corrected chi connectivity index (χ4v) is 3.98. The van der Waals surface area contributed by atoms with Crippen molar-refractivity contribution in [3.63, 3.8) is 0 Å². The van der Waals surface area contributed by atoms with Crippen LogP contribution in [0, 0.1) is 0 Å². The number of hydrogen-bond acceptors (Lipinski definition) is 6. The summed E-state index contributed by atoms with van der Waals surface area (Å²) >= 11 is 7.38. The zero-order chi connectivity index (χ0) is 22.3. The van der Waals surface area contributed by atoms with Crippen LogP contribution in [-0.4, -0.2) is 37.9 Å². The van der Waals surface area contributed by atoms with E-state index < -0.39 is 0 Å². The zero-order valence-corrected chi connectivity index (χ0v) is 18.9. The molecule has 0 fully saturated rings. The Balaban J connectivity index is 1.53. The molecule has 0 saturated heterocycles. The Kier molecular flexibility index (Phi) is 7.14. The van der Waals surface area contributed by atoms with Crippen LogP contribution in [0.15, 0.2) is 72.0 Å². The fourth-order valence-electron chi connectivity index (χ4n) is 3.00. The van der Waals surface area contributed by atoms with Crippen molar-refractivity contribution in [2.45, 2.75) is 18.7 Å². The Hall–Kier alpha value is -3.23. The number of nitrogens with zero attached hydrogens (tertiary/aromatic N) is 3. The third-order valence-electron chi connectivity index (χ3n) is 4.52. The van der Waals surface area contributed by atoms with Crippen molar-refractivity contribution in [1.82, 2.24) is 19.7 Å². The summed E-state index contributed by atoms with van der Waals surface area (Å²) in [6.07, 6.45) is 1.73. The standard InChI is InChI=1S/C23H21ClN4O3S/c1-2-30-18-9-11-19(12-10-18)31-14-22-26-27-23(28(22)17-7-5-16(24)6-8-17)32-15-21(29)20-4-3-13-25-20/h3-13,25H,2,14-15H2,1H3. The highest BCUT2D eigenvalue weighted by Crippen LogP contribution is 2.25. The Morgan fingerprint density at radius 1 is 1.03 bits per heavy atom. The average Bonchev–Trinajstić information content (AvgIpc) is 3.48. The topological polar surface area (TPSA) is 82.0 Å². The van der Waals surface area contributed by atoms with Crippen molar-refractivity contribution >= 4 is 29.1 Å². The van der Waals surface area contributed by atoms with E-state index in [1.807, 2.05) is 47.9 Å². The molecule has 0 aliphatic rings. The summed E-state index contributed by atoms with van der Waals surface area (Å²) in [5, 5.41) is 9.83.